The van der Waals surface area contributed by atoms with E-state index >= 15 is 0 Å². The Labute approximate surface area is 117 Å². The molecule has 0 spiro atoms. The van der Waals surface area contributed by atoms with Gasteiger partial charge in [0.1, 0.15) is 19.5 Å². The van der Waals surface area contributed by atoms with Crippen LogP contribution >= 0.6 is 46.4 Å². The molecular weight excluding hydrogens is 306 g/mol. The van der Waals surface area contributed by atoms with Gasteiger partial charge in [0.15, 0.2) is 11.6 Å². The minimum absolute atomic E-state index is 0.0463. The largest absolute Gasteiger partial charge is 0.296 e. The number of carbonyl (C=O) groups excluding carboxylic acids is 2. The highest BCUT2D eigenvalue weighted by atomic mass is 35.5. The van der Waals surface area contributed by atoms with Gasteiger partial charge in [-0.3, -0.25) is 9.59 Å². The van der Waals surface area contributed by atoms with E-state index in [1.54, 1.807) is 0 Å². The number of halogens is 4. The molecule has 5 saturated carbocycles. The number of fused-ring (bicyclic) bond motifs is 2. The Morgan fingerprint density at radius 1 is 0.765 bits per heavy atom. The summed E-state index contributed by atoms with van der Waals surface area (Å²) >= 11 is 25.9. The summed E-state index contributed by atoms with van der Waals surface area (Å²) in [6.45, 7) is 0. The molecule has 2 bridgehead atoms. The summed E-state index contributed by atoms with van der Waals surface area (Å²) in [6.07, 6.45) is 0.711. The predicted molar refractivity (Wildman–Crippen MR) is 62.9 cm³/mol. The molecule has 6 heteroatoms. The van der Waals surface area contributed by atoms with Crippen molar-refractivity contribution in [1.29, 1.82) is 0 Å². The van der Waals surface area contributed by atoms with Crippen molar-refractivity contribution in [3.05, 3.63) is 0 Å². The Hall–Kier alpha value is 0.500. The molecule has 8 atom stereocenters. The molecule has 0 N–H and O–H groups in total. The molecule has 0 radical (unpaired) electrons. The van der Waals surface area contributed by atoms with Gasteiger partial charge in [-0.1, -0.05) is 0 Å². The van der Waals surface area contributed by atoms with Crippen molar-refractivity contribution in [2.45, 2.75) is 25.9 Å². The summed E-state index contributed by atoms with van der Waals surface area (Å²) in [4.78, 5) is 19.9. The molecule has 5 fully saturated rings. The van der Waals surface area contributed by atoms with Gasteiger partial charge in [-0.2, -0.15) is 0 Å². The second-order valence-corrected chi connectivity index (χ2v) is 8.39. The topological polar surface area (TPSA) is 34.1 Å². The zero-order valence-electron chi connectivity index (χ0n) is 8.34. The van der Waals surface area contributed by atoms with Crippen molar-refractivity contribution >= 4 is 58.0 Å². The first-order valence-electron chi connectivity index (χ1n) is 5.64. The van der Waals surface area contributed by atoms with Crippen molar-refractivity contribution < 1.29 is 9.59 Å². The van der Waals surface area contributed by atoms with Crippen molar-refractivity contribution in [3.63, 3.8) is 0 Å². The van der Waals surface area contributed by atoms with Crippen LogP contribution in [-0.2, 0) is 9.59 Å². The maximum Gasteiger partial charge on any atom is 0.179 e. The summed E-state index contributed by atoms with van der Waals surface area (Å²) in [5.74, 6) is -0.835. The van der Waals surface area contributed by atoms with Gasteiger partial charge in [-0.05, 0) is 30.1 Å². The molecule has 0 aromatic carbocycles. The molecule has 0 amide bonds. The van der Waals surface area contributed by atoms with E-state index in [1.165, 1.54) is 0 Å². The SMILES string of the molecule is O=C1C2(Cl)C3CC4C5C3C1(Cl)C5(Cl)C(=O)C42Cl. The lowest BCUT2D eigenvalue weighted by Gasteiger charge is -2.55. The molecule has 5 rings (SSSR count). The van der Waals surface area contributed by atoms with Crippen LogP contribution in [0.2, 0.25) is 0 Å². The van der Waals surface area contributed by atoms with E-state index in [4.69, 9.17) is 46.4 Å². The summed E-state index contributed by atoms with van der Waals surface area (Å²) in [5.41, 5.74) is 0. The van der Waals surface area contributed by atoms with E-state index in [0.717, 1.165) is 0 Å². The summed E-state index contributed by atoms with van der Waals surface area (Å²) in [7, 11) is 0. The number of carbonyl (C=O) groups is 2. The predicted octanol–water partition coefficient (Wildman–Crippen LogP) is 1.96. The van der Waals surface area contributed by atoms with Crippen molar-refractivity contribution in [2.75, 3.05) is 0 Å². The molecule has 2 nitrogen and oxygen atoms in total. The molecule has 0 heterocycles. The van der Waals surface area contributed by atoms with Gasteiger partial charge in [0.25, 0.3) is 0 Å². The fraction of sp³-hybridized carbons (Fsp3) is 0.818. The lowest BCUT2D eigenvalue weighted by atomic mass is 9.58. The highest BCUT2D eigenvalue weighted by Gasteiger charge is 3.04. The molecule has 5 aliphatic carbocycles. The number of hydrogen-bond acceptors (Lipinski definition) is 2. The minimum Gasteiger partial charge on any atom is -0.296 e. The smallest absolute Gasteiger partial charge is 0.179 e. The zero-order valence-corrected chi connectivity index (χ0v) is 11.4. The number of ketones is 2. The monoisotopic (exact) mass is 310 g/mol. The Kier molecular flexibility index (Phi) is 1.27. The summed E-state index contributed by atoms with van der Waals surface area (Å²) in [5, 5.41) is 0. The molecular formula is C11H6Cl4O2. The van der Waals surface area contributed by atoms with E-state index in [9.17, 15) is 9.59 Å². The van der Waals surface area contributed by atoms with Crippen LogP contribution < -0.4 is 0 Å². The number of hydrogen-bond donors (Lipinski definition) is 0. The van der Waals surface area contributed by atoms with E-state index in [-0.39, 0.29) is 35.2 Å². The van der Waals surface area contributed by atoms with Crippen molar-refractivity contribution in [1.82, 2.24) is 0 Å². The second kappa shape index (κ2) is 2.09. The minimum atomic E-state index is -1.30. The third-order valence-electron chi connectivity index (χ3n) is 6.08. The Bertz CT molecular complexity index is 512. The van der Waals surface area contributed by atoms with Crippen LogP contribution in [0.5, 0.6) is 0 Å². The number of rotatable bonds is 0. The fourth-order valence-corrected chi connectivity index (χ4v) is 8.29. The van der Waals surface area contributed by atoms with Gasteiger partial charge < -0.3 is 0 Å². The Morgan fingerprint density at radius 2 is 1.12 bits per heavy atom. The van der Waals surface area contributed by atoms with Gasteiger partial charge in [0, 0.05) is 0 Å². The molecule has 0 saturated heterocycles. The second-order valence-electron chi connectivity index (χ2n) is 6.01. The standard InChI is InChI=1S/C11H6Cl4O2/c12-8-2-1-3-5-4(2)10(14,6(8)16)11(5,15)7(17)9(3,8)13/h2-5H,1H2. The van der Waals surface area contributed by atoms with Crippen LogP contribution in [0.3, 0.4) is 0 Å². The third-order valence-corrected chi connectivity index (χ3v) is 9.22. The van der Waals surface area contributed by atoms with Gasteiger partial charge in [0.2, 0.25) is 0 Å². The van der Waals surface area contributed by atoms with Crippen LogP contribution in [0.1, 0.15) is 6.42 Å². The van der Waals surface area contributed by atoms with E-state index < -0.39 is 19.5 Å². The normalized spacial score (nSPS) is 77.2. The quantitative estimate of drug-likeness (QED) is 0.641. The van der Waals surface area contributed by atoms with E-state index in [0.29, 0.717) is 6.42 Å². The first-order valence-corrected chi connectivity index (χ1v) is 7.15. The maximum atomic E-state index is 12.5. The van der Waals surface area contributed by atoms with Gasteiger partial charge >= 0.3 is 0 Å². The highest BCUT2D eigenvalue weighted by Crippen LogP contribution is 2.90. The first-order chi connectivity index (χ1) is 7.78. The van der Waals surface area contributed by atoms with E-state index in [1.807, 2.05) is 0 Å². The van der Waals surface area contributed by atoms with E-state index in [2.05, 4.69) is 0 Å². The van der Waals surface area contributed by atoms with Crippen LogP contribution in [0.4, 0.5) is 0 Å². The Morgan fingerprint density at radius 3 is 1.47 bits per heavy atom. The zero-order chi connectivity index (χ0) is 12.2. The van der Waals surface area contributed by atoms with Crippen molar-refractivity contribution in [3.8, 4) is 0 Å². The Balaban J connectivity index is 1.99. The summed E-state index contributed by atoms with van der Waals surface area (Å²) in [6, 6.07) is 0. The molecule has 90 valence electrons. The lowest BCUT2D eigenvalue weighted by molar-refractivity contribution is -0.139. The molecule has 0 aromatic heterocycles. The number of alkyl halides is 4. The lowest BCUT2D eigenvalue weighted by Crippen LogP contribution is -2.75. The average Bonchev–Trinajstić information content (AvgIpc) is 2.84. The molecule has 0 aliphatic heterocycles. The molecule has 8 unspecified atom stereocenters. The third kappa shape index (κ3) is 0.510. The van der Waals surface area contributed by atoms with Gasteiger partial charge in [-0.25, -0.2) is 0 Å². The van der Waals surface area contributed by atoms with Crippen molar-refractivity contribution in [2.24, 2.45) is 23.7 Å². The highest BCUT2D eigenvalue weighted by molar-refractivity contribution is 6.67. The fourth-order valence-electron chi connectivity index (χ4n) is 5.69. The molecule has 5 aliphatic rings. The van der Waals surface area contributed by atoms with Gasteiger partial charge in [0.05, 0.1) is 0 Å². The molecule has 17 heavy (non-hydrogen) atoms. The van der Waals surface area contributed by atoms with Crippen LogP contribution in [0, 0.1) is 23.7 Å². The van der Waals surface area contributed by atoms with Crippen LogP contribution in [-0.4, -0.2) is 31.1 Å². The van der Waals surface area contributed by atoms with Gasteiger partial charge in [-0.15, -0.1) is 46.4 Å². The number of Topliss-reactive ketones (excluding diaryl/α,β-unsaturated/α-hetero) is 2. The van der Waals surface area contributed by atoms with Crippen LogP contribution in [0.25, 0.3) is 0 Å². The average molecular weight is 312 g/mol. The maximum absolute atomic E-state index is 12.5. The molecule has 0 aromatic rings. The van der Waals surface area contributed by atoms with Crippen LogP contribution in [0.15, 0.2) is 0 Å². The summed E-state index contributed by atoms with van der Waals surface area (Å²) < 4.78 is 0. The first kappa shape index (κ1) is 10.3.